The highest BCUT2D eigenvalue weighted by atomic mass is 32.2. The topological polar surface area (TPSA) is 43.1 Å². The molecule has 1 aliphatic rings. The summed E-state index contributed by atoms with van der Waals surface area (Å²) in [4.78, 5) is 0. The average molecular weight is 265 g/mol. The highest BCUT2D eigenvalue weighted by molar-refractivity contribution is 7.84. The van der Waals surface area contributed by atoms with Gasteiger partial charge in [-0.25, -0.2) is 0 Å². The zero-order valence-corrected chi connectivity index (χ0v) is 12.1. The number of rotatable bonds is 4. The molecule has 2 nitrogen and oxygen atoms in total. The summed E-state index contributed by atoms with van der Waals surface area (Å²) in [7, 11) is -0.773. The zero-order chi connectivity index (χ0) is 13.1. The first-order valence-electron chi connectivity index (χ1n) is 6.74. The van der Waals surface area contributed by atoms with E-state index in [9.17, 15) is 4.21 Å². The summed E-state index contributed by atoms with van der Waals surface area (Å²) in [5.74, 6) is 1.15. The lowest BCUT2D eigenvalue weighted by molar-refractivity contribution is 0.557. The minimum Gasteiger partial charge on any atom is -0.330 e. The summed E-state index contributed by atoms with van der Waals surface area (Å²) in [5, 5.41) is 0.316. The molecule has 0 bridgehead atoms. The predicted octanol–water partition coefficient (Wildman–Crippen LogP) is 2.68. The van der Waals surface area contributed by atoms with Crippen molar-refractivity contribution in [3.8, 4) is 0 Å². The van der Waals surface area contributed by atoms with Gasteiger partial charge in [0.1, 0.15) is 0 Å². The van der Waals surface area contributed by atoms with Gasteiger partial charge in [-0.2, -0.15) is 0 Å². The molecule has 100 valence electrons. The Morgan fingerprint density at radius 2 is 1.89 bits per heavy atom. The number of nitrogens with two attached hydrogens (primary N) is 1. The second-order valence-corrected chi connectivity index (χ2v) is 7.14. The maximum Gasteiger partial charge on any atom is 0.0488 e. The van der Waals surface area contributed by atoms with Crippen molar-refractivity contribution >= 4 is 10.8 Å². The van der Waals surface area contributed by atoms with Crippen LogP contribution in [0.4, 0.5) is 0 Å². The second kappa shape index (κ2) is 5.98. The van der Waals surface area contributed by atoms with Gasteiger partial charge in [0, 0.05) is 21.8 Å². The largest absolute Gasteiger partial charge is 0.330 e. The first kappa shape index (κ1) is 13.8. The average Bonchev–Trinajstić information content (AvgIpc) is 2.75. The maximum absolute atomic E-state index is 12.5. The first-order chi connectivity index (χ1) is 8.60. The molecular weight excluding hydrogens is 242 g/mol. The molecule has 0 aromatic heterocycles. The van der Waals surface area contributed by atoms with Crippen molar-refractivity contribution in [3.63, 3.8) is 0 Å². The van der Waals surface area contributed by atoms with Gasteiger partial charge in [0.15, 0.2) is 0 Å². The van der Waals surface area contributed by atoms with Gasteiger partial charge >= 0.3 is 0 Å². The lowest BCUT2D eigenvalue weighted by atomic mass is 10.1. The fourth-order valence-electron chi connectivity index (χ4n) is 3.04. The molecule has 0 aliphatic heterocycles. The molecular formula is C15H23NOS. The summed E-state index contributed by atoms with van der Waals surface area (Å²) in [6.45, 7) is 4.87. The van der Waals surface area contributed by atoms with Crippen LogP contribution in [0.1, 0.15) is 36.0 Å². The van der Waals surface area contributed by atoms with Crippen molar-refractivity contribution in [1.82, 2.24) is 0 Å². The molecule has 3 atom stereocenters. The highest BCUT2D eigenvalue weighted by Crippen LogP contribution is 2.30. The summed E-state index contributed by atoms with van der Waals surface area (Å²) in [6, 6.07) is 6.46. The normalized spacial score (nSPS) is 25.3. The van der Waals surface area contributed by atoms with E-state index in [1.54, 1.807) is 0 Å². The Hall–Kier alpha value is -0.670. The predicted molar refractivity (Wildman–Crippen MR) is 77.9 cm³/mol. The van der Waals surface area contributed by atoms with E-state index in [0.29, 0.717) is 23.5 Å². The van der Waals surface area contributed by atoms with Crippen LogP contribution >= 0.6 is 0 Å². The molecule has 1 aliphatic carbocycles. The quantitative estimate of drug-likeness (QED) is 0.909. The van der Waals surface area contributed by atoms with Gasteiger partial charge in [-0.1, -0.05) is 35.7 Å². The van der Waals surface area contributed by atoms with E-state index in [1.165, 1.54) is 23.1 Å². The molecule has 3 heteroatoms. The highest BCUT2D eigenvalue weighted by Gasteiger charge is 2.30. The van der Waals surface area contributed by atoms with E-state index in [0.717, 1.165) is 12.8 Å². The minimum absolute atomic E-state index is 0.316. The van der Waals surface area contributed by atoms with Crippen molar-refractivity contribution in [2.75, 3.05) is 6.54 Å². The Balaban J connectivity index is 2.06. The zero-order valence-electron chi connectivity index (χ0n) is 11.3. The van der Waals surface area contributed by atoms with Gasteiger partial charge in [0.2, 0.25) is 0 Å². The Labute approximate surface area is 112 Å². The van der Waals surface area contributed by atoms with Crippen LogP contribution in [-0.2, 0) is 16.6 Å². The van der Waals surface area contributed by atoms with Crippen molar-refractivity contribution < 1.29 is 4.21 Å². The van der Waals surface area contributed by atoms with Crippen molar-refractivity contribution in [2.45, 2.75) is 44.1 Å². The van der Waals surface area contributed by atoms with Crippen molar-refractivity contribution in [2.24, 2.45) is 11.7 Å². The summed E-state index contributed by atoms with van der Waals surface area (Å²) in [5.41, 5.74) is 9.48. The van der Waals surface area contributed by atoms with Gasteiger partial charge in [0.05, 0.1) is 0 Å². The molecule has 2 rings (SSSR count). The lowest BCUT2D eigenvalue weighted by Crippen LogP contribution is -2.27. The Morgan fingerprint density at radius 3 is 2.50 bits per heavy atom. The smallest absolute Gasteiger partial charge is 0.0488 e. The Bertz CT molecular complexity index is 424. The molecule has 1 aromatic carbocycles. The van der Waals surface area contributed by atoms with E-state index in [1.807, 2.05) is 0 Å². The molecule has 18 heavy (non-hydrogen) atoms. The maximum atomic E-state index is 12.5. The molecule has 0 heterocycles. The summed E-state index contributed by atoms with van der Waals surface area (Å²) in [6.07, 6.45) is 3.42. The van der Waals surface area contributed by atoms with Gasteiger partial charge in [-0.3, -0.25) is 4.21 Å². The fourth-order valence-corrected chi connectivity index (χ4v) is 4.86. The van der Waals surface area contributed by atoms with Gasteiger partial charge in [-0.05, 0) is 44.7 Å². The van der Waals surface area contributed by atoms with Crippen LogP contribution in [0.15, 0.2) is 18.2 Å². The molecule has 0 spiro atoms. The van der Waals surface area contributed by atoms with Gasteiger partial charge in [0.25, 0.3) is 0 Å². The van der Waals surface area contributed by atoms with Gasteiger partial charge in [-0.15, -0.1) is 0 Å². The van der Waals surface area contributed by atoms with E-state index in [2.05, 4.69) is 32.0 Å². The monoisotopic (exact) mass is 265 g/mol. The van der Waals surface area contributed by atoms with Crippen LogP contribution in [0.3, 0.4) is 0 Å². The molecule has 0 radical (unpaired) electrons. The van der Waals surface area contributed by atoms with E-state index >= 15 is 0 Å². The molecule has 0 amide bonds. The van der Waals surface area contributed by atoms with E-state index < -0.39 is 10.8 Å². The fraction of sp³-hybridized carbons (Fsp3) is 0.600. The van der Waals surface area contributed by atoms with Crippen molar-refractivity contribution in [1.29, 1.82) is 0 Å². The van der Waals surface area contributed by atoms with Crippen LogP contribution < -0.4 is 5.73 Å². The Morgan fingerprint density at radius 1 is 1.22 bits per heavy atom. The molecule has 2 N–H and O–H groups in total. The number of aryl methyl sites for hydroxylation is 2. The van der Waals surface area contributed by atoms with E-state index in [-0.39, 0.29) is 0 Å². The van der Waals surface area contributed by atoms with Crippen LogP contribution in [-0.4, -0.2) is 16.0 Å². The van der Waals surface area contributed by atoms with Crippen LogP contribution in [0.25, 0.3) is 0 Å². The third kappa shape index (κ3) is 3.21. The number of hydrogen-bond acceptors (Lipinski definition) is 2. The molecule has 1 fully saturated rings. The molecule has 1 saturated carbocycles. The summed E-state index contributed by atoms with van der Waals surface area (Å²) < 4.78 is 12.5. The second-order valence-electron chi connectivity index (χ2n) is 5.49. The SMILES string of the molecule is Cc1cc(C)cc(CS(=O)C2CCCC2CN)c1. The number of hydrogen-bond donors (Lipinski definition) is 1. The van der Waals surface area contributed by atoms with Gasteiger partial charge < -0.3 is 5.73 Å². The summed E-state index contributed by atoms with van der Waals surface area (Å²) >= 11 is 0. The van der Waals surface area contributed by atoms with Crippen LogP contribution in [0, 0.1) is 19.8 Å². The first-order valence-corrected chi connectivity index (χ1v) is 8.13. The minimum atomic E-state index is -0.773. The van der Waals surface area contributed by atoms with Crippen LogP contribution in [0.5, 0.6) is 0 Å². The van der Waals surface area contributed by atoms with Crippen LogP contribution in [0.2, 0.25) is 0 Å². The number of benzene rings is 1. The lowest BCUT2D eigenvalue weighted by Gasteiger charge is -2.17. The standard InChI is InChI=1S/C15H23NOS/c1-11-6-12(2)8-13(7-11)10-18(17)15-5-3-4-14(15)9-16/h6-8,14-15H,3-5,9-10,16H2,1-2H3. The third-order valence-electron chi connectivity index (χ3n) is 3.82. The molecule has 1 aromatic rings. The van der Waals surface area contributed by atoms with Crippen molar-refractivity contribution in [3.05, 3.63) is 34.9 Å². The molecule has 3 unspecified atom stereocenters. The third-order valence-corrected chi connectivity index (χ3v) is 5.73. The Kier molecular flexibility index (Phi) is 4.57. The molecule has 0 saturated heterocycles. The van der Waals surface area contributed by atoms with E-state index in [4.69, 9.17) is 5.73 Å².